The molecule has 6 heteroatoms. The molecule has 1 saturated heterocycles. The highest BCUT2D eigenvalue weighted by Crippen LogP contribution is 2.28. The third-order valence-electron chi connectivity index (χ3n) is 6.43. The maximum Gasteiger partial charge on any atom is 0.321 e. The number of nitrogens with one attached hydrogen (secondary N) is 1. The molecule has 3 aromatic carbocycles. The van der Waals surface area contributed by atoms with Crippen molar-refractivity contribution in [1.29, 1.82) is 5.26 Å². The van der Waals surface area contributed by atoms with Crippen LogP contribution in [0.1, 0.15) is 29.0 Å². The molecular weight excluding hydrogens is 436 g/mol. The van der Waals surface area contributed by atoms with Gasteiger partial charge in [-0.05, 0) is 41.8 Å². The van der Waals surface area contributed by atoms with Crippen molar-refractivity contribution in [3.05, 3.63) is 102 Å². The Kier molecular flexibility index (Phi) is 8.88. The van der Waals surface area contributed by atoms with Gasteiger partial charge in [0.15, 0.2) is 0 Å². The van der Waals surface area contributed by atoms with Gasteiger partial charge in [-0.3, -0.25) is 4.90 Å². The summed E-state index contributed by atoms with van der Waals surface area (Å²) in [4.78, 5) is 17.6. The average molecular weight is 469 g/mol. The van der Waals surface area contributed by atoms with Crippen LogP contribution in [-0.4, -0.2) is 61.8 Å². The number of hydrogen-bond acceptors (Lipinski definition) is 4. The maximum absolute atomic E-state index is 13.3. The summed E-state index contributed by atoms with van der Waals surface area (Å²) in [5.41, 5.74) is 3.76. The van der Waals surface area contributed by atoms with E-state index in [-0.39, 0.29) is 11.9 Å². The summed E-state index contributed by atoms with van der Waals surface area (Å²) in [7, 11) is 0. The zero-order valence-corrected chi connectivity index (χ0v) is 20.0. The van der Waals surface area contributed by atoms with Crippen molar-refractivity contribution in [3.63, 3.8) is 0 Å². The standard InChI is InChI=1S/C29H32N4O2/c30-23-24-11-13-27(14-12-24)31-29(34)33(18-17-32-19-21-35-22-20-32)16-15-28(25-7-3-1-4-8-25)26-9-5-2-6-10-26/h1-14,28H,15-22H2,(H,31,34). The highest BCUT2D eigenvalue weighted by molar-refractivity contribution is 5.89. The summed E-state index contributed by atoms with van der Waals surface area (Å²) in [5.74, 6) is 0.200. The lowest BCUT2D eigenvalue weighted by Crippen LogP contribution is -2.44. The van der Waals surface area contributed by atoms with Gasteiger partial charge in [0.05, 0.1) is 24.8 Å². The van der Waals surface area contributed by atoms with Gasteiger partial charge in [-0.15, -0.1) is 0 Å². The van der Waals surface area contributed by atoms with Gasteiger partial charge in [0.25, 0.3) is 0 Å². The second-order valence-electron chi connectivity index (χ2n) is 8.72. The lowest BCUT2D eigenvalue weighted by atomic mass is 9.88. The Labute approximate surface area is 207 Å². The van der Waals surface area contributed by atoms with E-state index in [1.54, 1.807) is 24.3 Å². The fourth-order valence-corrected chi connectivity index (χ4v) is 4.41. The minimum Gasteiger partial charge on any atom is -0.379 e. The van der Waals surface area contributed by atoms with E-state index in [9.17, 15) is 4.79 Å². The van der Waals surface area contributed by atoms with Crippen molar-refractivity contribution < 1.29 is 9.53 Å². The second-order valence-corrected chi connectivity index (χ2v) is 8.72. The third-order valence-corrected chi connectivity index (χ3v) is 6.43. The fraction of sp³-hybridized carbons (Fsp3) is 0.310. The Morgan fingerprint density at radius 2 is 1.51 bits per heavy atom. The van der Waals surface area contributed by atoms with Crippen LogP contribution in [0.2, 0.25) is 0 Å². The van der Waals surface area contributed by atoms with Crippen LogP contribution < -0.4 is 5.32 Å². The number of ether oxygens (including phenoxy) is 1. The van der Waals surface area contributed by atoms with Crippen LogP contribution in [0.5, 0.6) is 0 Å². The van der Waals surface area contributed by atoms with Crippen LogP contribution in [0.25, 0.3) is 0 Å². The first-order chi connectivity index (χ1) is 17.2. The van der Waals surface area contributed by atoms with Gasteiger partial charge in [0.2, 0.25) is 0 Å². The summed E-state index contributed by atoms with van der Waals surface area (Å²) >= 11 is 0. The molecule has 180 valence electrons. The van der Waals surface area contributed by atoms with E-state index in [1.807, 2.05) is 17.0 Å². The van der Waals surface area contributed by atoms with Gasteiger partial charge in [0.1, 0.15) is 0 Å². The molecule has 0 saturated carbocycles. The molecule has 35 heavy (non-hydrogen) atoms. The molecule has 6 nitrogen and oxygen atoms in total. The number of nitriles is 1. The predicted molar refractivity (Wildman–Crippen MR) is 138 cm³/mol. The van der Waals surface area contributed by atoms with E-state index < -0.39 is 0 Å². The Balaban J connectivity index is 1.48. The molecule has 0 unspecified atom stereocenters. The molecule has 1 aliphatic heterocycles. The zero-order valence-electron chi connectivity index (χ0n) is 20.0. The van der Waals surface area contributed by atoms with Gasteiger partial charge in [-0.1, -0.05) is 60.7 Å². The zero-order chi connectivity index (χ0) is 24.3. The average Bonchev–Trinajstić information content (AvgIpc) is 2.92. The van der Waals surface area contributed by atoms with Gasteiger partial charge in [-0.25, -0.2) is 4.79 Å². The van der Waals surface area contributed by atoms with Crippen molar-refractivity contribution in [2.24, 2.45) is 0 Å². The number of urea groups is 1. The molecule has 1 fully saturated rings. The molecule has 0 aromatic heterocycles. The van der Waals surface area contributed by atoms with Gasteiger partial charge in [-0.2, -0.15) is 5.26 Å². The molecule has 4 rings (SSSR count). The fourth-order valence-electron chi connectivity index (χ4n) is 4.41. The molecule has 0 spiro atoms. The first-order valence-electron chi connectivity index (χ1n) is 12.2. The van der Waals surface area contributed by atoms with Crippen LogP contribution in [-0.2, 0) is 4.74 Å². The van der Waals surface area contributed by atoms with E-state index in [2.05, 4.69) is 64.8 Å². The SMILES string of the molecule is N#Cc1ccc(NC(=O)N(CCC(c2ccccc2)c2ccccc2)CCN2CCOCC2)cc1. The number of anilines is 1. The van der Waals surface area contributed by atoms with Crippen molar-refractivity contribution in [2.45, 2.75) is 12.3 Å². The summed E-state index contributed by atoms with van der Waals surface area (Å²) < 4.78 is 5.47. The van der Waals surface area contributed by atoms with E-state index in [0.717, 1.165) is 39.3 Å². The molecule has 3 aromatic rings. The molecule has 0 atom stereocenters. The topological polar surface area (TPSA) is 68.6 Å². The predicted octanol–water partition coefficient (Wildman–Crippen LogP) is 4.95. The Hall–Kier alpha value is -3.66. The molecule has 1 aliphatic rings. The lowest BCUT2D eigenvalue weighted by molar-refractivity contribution is 0.0351. The number of rotatable bonds is 9. The Bertz CT molecular complexity index is 1050. The molecule has 1 heterocycles. The molecule has 0 bridgehead atoms. The minimum atomic E-state index is -0.122. The molecule has 2 amide bonds. The summed E-state index contributed by atoms with van der Waals surface area (Å²) in [5, 5.41) is 12.1. The van der Waals surface area contributed by atoms with E-state index in [0.29, 0.717) is 24.3 Å². The van der Waals surface area contributed by atoms with Crippen LogP contribution in [0.15, 0.2) is 84.9 Å². The van der Waals surface area contributed by atoms with Crippen molar-refractivity contribution >= 4 is 11.7 Å². The Morgan fingerprint density at radius 3 is 2.09 bits per heavy atom. The number of morpholine rings is 1. The van der Waals surface area contributed by atoms with Crippen molar-refractivity contribution in [1.82, 2.24) is 9.80 Å². The first kappa shape index (κ1) is 24.5. The Morgan fingerprint density at radius 1 is 0.914 bits per heavy atom. The van der Waals surface area contributed by atoms with Crippen LogP contribution in [0, 0.1) is 11.3 Å². The smallest absolute Gasteiger partial charge is 0.321 e. The monoisotopic (exact) mass is 468 g/mol. The largest absolute Gasteiger partial charge is 0.379 e. The lowest BCUT2D eigenvalue weighted by Gasteiger charge is -2.31. The normalized spacial score (nSPS) is 13.8. The number of nitrogens with zero attached hydrogens (tertiary/aromatic N) is 3. The number of benzene rings is 3. The maximum atomic E-state index is 13.3. The van der Waals surface area contributed by atoms with Gasteiger partial charge < -0.3 is 15.0 Å². The number of amides is 2. The van der Waals surface area contributed by atoms with E-state index >= 15 is 0 Å². The minimum absolute atomic E-state index is 0.122. The molecule has 0 radical (unpaired) electrons. The van der Waals surface area contributed by atoms with E-state index in [1.165, 1.54) is 11.1 Å². The number of hydrogen-bond donors (Lipinski definition) is 1. The highest BCUT2D eigenvalue weighted by Gasteiger charge is 2.20. The summed E-state index contributed by atoms with van der Waals surface area (Å²) in [6, 6.07) is 29.9. The third kappa shape index (κ3) is 7.16. The van der Waals surface area contributed by atoms with E-state index in [4.69, 9.17) is 10.00 Å². The van der Waals surface area contributed by atoms with Crippen LogP contribution >= 0.6 is 0 Å². The van der Waals surface area contributed by atoms with Crippen LogP contribution in [0.3, 0.4) is 0 Å². The summed E-state index contributed by atoms with van der Waals surface area (Å²) in [6.45, 7) is 5.33. The van der Waals surface area contributed by atoms with Crippen molar-refractivity contribution in [3.8, 4) is 6.07 Å². The number of carbonyl (C=O) groups is 1. The molecule has 0 aliphatic carbocycles. The van der Waals surface area contributed by atoms with Crippen molar-refractivity contribution in [2.75, 3.05) is 51.3 Å². The molecular formula is C29H32N4O2. The second kappa shape index (κ2) is 12.7. The highest BCUT2D eigenvalue weighted by atomic mass is 16.5. The first-order valence-corrected chi connectivity index (χ1v) is 12.2. The summed E-state index contributed by atoms with van der Waals surface area (Å²) in [6.07, 6.45) is 0.817. The van der Waals surface area contributed by atoms with Gasteiger partial charge >= 0.3 is 6.03 Å². The van der Waals surface area contributed by atoms with Gasteiger partial charge in [0, 0.05) is 44.3 Å². The number of carbonyl (C=O) groups excluding carboxylic acids is 1. The van der Waals surface area contributed by atoms with Crippen LogP contribution in [0.4, 0.5) is 10.5 Å². The molecule has 1 N–H and O–H groups in total. The quantitative estimate of drug-likeness (QED) is 0.483.